The second-order valence-corrected chi connectivity index (χ2v) is 7.81. The van der Waals surface area contributed by atoms with E-state index in [2.05, 4.69) is 0 Å². The molecule has 2 aromatic carbocycles. The van der Waals surface area contributed by atoms with Gasteiger partial charge < -0.3 is 43.3 Å². The summed E-state index contributed by atoms with van der Waals surface area (Å²) in [6, 6.07) is 9.19. The third-order valence-corrected chi connectivity index (χ3v) is 4.98. The van der Waals surface area contributed by atoms with Crippen LogP contribution in [-0.2, 0) is 9.59 Å². The van der Waals surface area contributed by atoms with Gasteiger partial charge in [-0.3, -0.25) is 4.79 Å². The number of carbonyl (C=O) groups excluding carboxylic acids is 2. The summed E-state index contributed by atoms with van der Waals surface area (Å²) in [6.07, 6.45) is 4.75. The van der Waals surface area contributed by atoms with Gasteiger partial charge in [-0.15, -0.1) is 0 Å². The minimum Gasteiger partial charge on any atom is -0.539 e. The molecule has 1 heterocycles. The highest BCUT2D eigenvalue weighted by Gasteiger charge is 2.28. The van der Waals surface area contributed by atoms with Crippen LogP contribution in [0.5, 0.6) is 23.0 Å². The quantitative estimate of drug-likeness (QED) is 0.224. The summed E-state index contributed by atoms with van der Waals surface area (Å²) in [4.78, 5) is 32.6. The van der Waals surface area contributed by atoms with Crippen molar-refractivity contribution in [3.8, 4) is 23.0 Å². The van der Waals surface area contributed by atoms with E-state index < -0.39 is 11.9 Å². The van der Waals surface area contributed by atoms with Gasteiger partial charge in [0.15, 0.2) is 23.1 Å². The van der Waals surface area contributed by atoms with Crippen molar-refractivity contribution in [3.63, 3.8) is 0 Å². The van der Waals surface area contributed by atoms with Crippen LogP contribution in [0.1, 0.15) is 15.9 Å². The number of methoxy groups -OCH3 is 3. The van der Waals surface area contributed by atoms with Crippen LogP contribution in [0.15, 0.2) is 47.1 Å². The van der Waals surface area contributed by atoms with E-state index in [0.717, 1.165) is 12.1 Å². The Labute approximate surface area is 213 Å². The van der Waals surface area contributed by atoms with Crippen molar-refractivity contribution in [1.29, 1.82) is 0 Å². The number of quaternary nitrogens is 1. The van der Waals surface area contributed by atoms with Gasteiger partial charge in [0.2, 0.25) is 5.75 Å². The number of aliphatic carboxylic acids is 2. The van der Waals surface area contributed by atoms with Crippen LogP contribution in [0, 0.1) is 0 Å². The van der Waals surface area contributed by atoms with Crippen molar-refractivity contribution in [2.45, 2.75) is 0 Å². The average molecular weight is 516 g/mol. The Hall–Kier alpha value is -4.51. The highest BCUT2D eigenvalue weighted by molar-refractivity contribution is 6.26. The van der Waals surface area contributed by atoms with Crippen molar-refractivity contribution in [3.05, 3.63) is 53.8 Å². The summed E-state index contributed by atoms with van der Waals surface area (Å²) in [6.45, 7) is 1.14. The Morgan fingerprint density at radius 1 is 1.03 bits per heavy atom. The van der Waals surface area contributed by atoms with E-state index in [4.69, 9.17) is 43.2 Å². The summed E-state index contributed by atoms with van der Waals surface area (Å²) >= 11 is 0. The molecule has 0 saturated heterocycles. The summed E-state index contributed by atoms with van der Waals surface area (Å²) in [5.41, 5.74) is 1.60. The van der Waals surface area contributed by atoms with Gasteiger partial charge in [0.05, 0.1) is 47.1 Å². The van der Waals surface area contributed by atoms with E-state index in [0.29, 0.717) is 46.1 Å². The number of carbonyl (C=O) groups is 3. The maximum Gasteiger partial charge on any atom is 0.351 e. The monoisotopic (exact) mass is 515 g/mol. The molecule has 0 fully saturated rings. The van der Waals surface area contributed by atoms with Gasteiger partial charge in [0.1, 0.15) is 30.2 Å². The largest absolute Gasteiger partial charge is 0.539 e. The molecule has 1 aromatic heterocycles. The minimum absolute atomic E-state index is 0.270. The Morgan fingerprint density at radius 2 is 1.70 bits per heavy atom. The molecule has 0 amide bonds. The summed E-state index contributed by atoms with van der Waals surface area (Å²) in [5, 5.41) is 17.0. The normalized spacial score (nSPS) is 10.6. The lowest BCUT2D eigenvalue weighted by molar-refractivity contribution is -0.858. The number of rotatable bonds is 10. The number of hydrogen-bond acceptors (Lipinski definition) is 9. The third kappa shape index (κ3) is 7.48. The van der Waals surface area contributed by atoms with Crippen LogP contribution in [-0.4, -0.2) is 71.4 Å². The molecule has 11 nitrogen and oxygen atoms in total. The zero-order valence-corrected chi connectivity index (χ0v) is 21.2. The molecule has 2 N–H and O–H groups in total. The molecule has 198 valence electrons. The lowest BCUT2D eigenvalue weighted by Crippen LogP contribution is -3.06. The Morgan fingerprint density at radius 3 is 2.27 bits per heavy atom. The van der Waals surface area contributed by atoms with Gasteiger partial charge in [-0.25, -0.2) is 4.79 Å². The molecule has 3 aromatic rings. The van der Waals surface area contributed by atoms with E-state index in [-0.39, 0.29) is 5.78 Å². The minimum atomic E-state index is -2.07. The molecular formula is C26H29NO10. The maximum absolute atomic E-state index is 13.3. The Bertz CT molecular complexity index is 1260. The lowest BCUT2D eigenvalue weighted by Gasteiger charge is -2.18. The van der Waals surface area contributed by atoms with Gasteiger partial charge in [-0.1, -0.05) is 18.2 Å². The summed E-state index contributed by atoms with van der Waals surface area (Å²) < 4.78 is 28.1. The molecule has 11 heteroatoms. The first kappa shape index (κ1) is 28.7. The second kappa shape index (κ2) is 13.5. The Balaban J connectivity index is 0.000000717. The number of ether oxygens (including phenoxy) is 4. The first-order chi connectivity index (χ1) is 17.6. The molecule has 0 saturated carbocycles. The molecule has 0 aliphatic carbocycles. The molecule has 0 spiro atoms. The van der Waals surface area contributed by atoms with E-state index >= 15 is 0 Å². The molecule has 0 bridgehead atoms. The molecular weight excluding hydrogens is 486 g/mol. The standard InChI is InChI=1S/C24H27NO6.C2H2O4/c1-25(2)12-14-31-23-20(19(26)10-9-16-7-6-8-17(15-16)27-3)21(28-4)18-11-13-30-22(18)24(23)29-5;3-1(4)2(5)6/h6-11,13,15H,12,14H2,1-5H3;(H,3,4)(H,5,6)/b10-9+;. The van der Waals surface area contributed by atoms with Crippen LogP contribution >= 0.6 is 0 Å². The number of ketones is 1. The number of carboxylic acids is 2. The van der Waals surface area contributed by atoms with Gasteiger partial charge in [-0.05, 0) is 29.8 Å². The molecule has 0 aliphatic heterocycles. The average Bonchev–Trinajstić information content (AvgIpc) is 3.36. The van der Waals surface area contributed by atoms with Gasteiger partial charge in [0.25, 0.3) is 0 Å². The molecule has 3 rings (SSSR count). The number of carboxylic acid groups (broad SMARTS) is 2. The lowest BCUT2D eigenvalue weighted by atomic mass is 10.0. The van der Waals surface area contributed by atoms with Crippen molar-refractivity contribution in [2.24, 2.45) is 0 Å². The fourth-order valence-electron chi connectivity index (χ4n) is 3.23. The summed E-state index contributed by atoms with van der Waals surface area (Å²) in [5.74, 6) is -2.50. The van der Waals surface area contributed by atoms with E-state index in [1.54, 1.807) is 19.3 Å². The fraction of sp³-hybridized carbons (Fsp3) is 0.269. The first-order valence-electron chi connectivity index (χ1n) is 11.0. The zero-order valence-electron chi connectivity index (χ0n) is 21.2. The molecule has 0 unspecified atom stereocenters. The van der Waals surface area contributed by atoms with E-state index in [1.807, 2.05) is 38.4 Å². The number of hydrogen-bond donors (Lipinski definition) is 2. The predicted octanol–water partition coefficient (Wildman–Crippen LogP) is 0.699. The topological polar surface area (TPSA) is 149 Å². The number of likely N-dealkylation sites (N-methyl/N-ethyl adjacent to an activating group) is 1. The van der Waals surface area contributed by atoms with Crippen molar-refractivity contribution >= 4 is 34.8 Å². The zero-order chi connectivity index (χ0) is 27.5. The SMILES string of the molecule is COc1cccc(/C=C/C(=O)c2c(OCC[NH+](C)C)c(OC)c3occc3c2OC)c1.O=C([O-])C(=O)O. The highest BCUT2D eigenvalue weighted by Crippen LogP contribution is 2.46. The molecule has 0 aliphatic rings. The summed E-state index contributed by atoms with van der Waals surface area (Å²) in [7, 11) is 8.70. The fourth-order valence-corrected chi connectivity index (χ4v) is 3.23. The van der Waals surface area contributed by atoms with Gasteiger partial charge >= 0.3 is 5.97 Å². The maximum atomic E-state index is 13.3. The number of furan rings is 1. The third-order valence-electron chi connectivity index (χ3n) is 4.98. The number of fused-ring (bicyclic) bond motifs is 1. The first-order valence-corrected chi connectivity index (χ1v) is 11.0. The van der Waals surface area contributed by atoms with E-state index in [9.17, 15) is 4.79 Å². The smallest absolute Gasteiger partial charge is 0.351 e. The molecule has 0 radical (unpaired) electrons. The second-order valence-electron chi connectivity index (χ2n) is 7.81. The van der Waals surface area contributed by atoms with Gasteiger partial charge in [0, 0.05) is 0 Å². The van der Waals surface area contributed by atoms with Crippen molar-refractivity contribution in [1.82, 2.24) is 0 Å². The van der Waals surface area contributed by atoms with Crippen LogP contribution in [0.4, 0.5) is 0 Å². The van der Waals surface area contributed by atoms with Crippen LogP contribution < -0.4 is 29.0 Å². The molecule has 0 atom stereocenters. The van der Waals surface area contributed by atoms with Gasteiger partial charge in [-0.2, -0.15) is 0 Å². The number of nitrogens with one attached hydrogen (secondary N) is 1. The van der Waals surface area contributed by atoms with E-state index in [1.165, 1.54) is 31.5 Å². The van der Waals surface area contributed by atoms with Crippen molar-refractivity contribution < 1.29 is 52.9 Å². The van der Waals surface area contributed by atoms with Crippen molar-refractivity contribution in [2.75, 3.05) is 48.6 Å². The van der Waals surface area contributed by atoms with Crippen LogP contribution in [0.3, 0.4) is 0 Å². The number of allylic oxidation sites excluding steroid dienone is 1. The highest BCUT2D eigenvalue weighted by atomic mass is 16.5. The van der Waals surface area contributed by atoms with Crippen LogP contribution in [0.2, 0.25) is 0 Å². The number of benzene rings is 2. The Kier molecular flexibility index (Phi) is 10.5. The predicted molar refractivity (Wildman–Crippen MR) is 131 cm³/mol. The molecule has 37 heavy (non-hydrogen) atoms. The van der Waals surface area contributed by atoms with Crippen LogP contribution in [0.25, 0.3) is 17.0 Å².